The molecule has 142 valence electrons. The Balaban J connectivity index is 2.05. The van der Waals surface area contributed by atoms with Crippen LogP contribution in [0.5, 0.6) is 11.5 Å². The highest BCUT2D eigenvalue weighted by Crippen LogP contribution is 2.36. The number of para-hydroxylation sites is 1. The second kappa shape index (κ2) is 7.68. The van der Waals surface area contributed by atoms with Crippen molar-refractivity contribution < 1.29 is 14.3 Å². The van der Waals surface area contributed by atoms with E-state index in [0.717, 1.165) is 0 Å². The van der Waals surface area contributed by atoms with Gasteiger partial charge < -0.3 is 30.7 Å². The molecule has 4 N–H and O–H groups in total. The Labute approximate surface area is 155 Å². The number of aromatic nitrogens is 3. The lowest BCUT2D eigenvalue weighted by molar-refractivity contribution is 0.254. The Bertz CT molecular complexity index is 971. The minimum Gasteiger partial charge on any atom is -0.493 e. The van der Waals surface area contributed by atoms with Crippen LogP contribution >= 0.6 is 0 Å². The van der Waals surface area contributed by atoms with Crippen LogP contribution in [0.4, 0.5) is 27.8 Å². The molecule has 0 unspecified atom stereocenters. The number of nitrogens with zero attached hydrogens (tertiary/aromatic N) is 3. The van der Waals surface area contributed by atoms with Crippen molar-refractivity contribution in [3.8, 4) is 11.5 Å². The van der Waals surface area contributed by atoms with Crippen molar-refractivity contribution in [2.45, 2.75) is 0 Å². The number of benzene rings is 1. The fraction of sp³-hybridized carbons (Fsp3) is 0.235. The monoisotopic (exact) mass is 371 g/mol. The van der Waals surface area contributed by atoms with Crippen molar-refractivity contribution in [2.24, 2.45) is 0 Å². The first-order chi connectivity index (χ1) is 13.1. The van der Waals surface area contributed by atoms with Crippen molar-refractivity contribution in [1.29, 1.82) is 0 Å². The average molecular weight is 371 g/mol. The highest BCUT2D eigenvalue weighted by molar-refractivity contribution is 5.93. The van der Waals surface area contributed by atoms with Gasteiger partial charge >= 0.3 is 6.03 Å². The maximum absolute atomic E-state index is 11.7. The van der Waals surface area contributed by atoms with Gasteiger partial charge in [0.05, 0.1) is 26.1 Å². The molecule has 0 aliphatic heterocycles. The van der Waals surface area contributed by atoms with Crippen LogP contribution in [-0.2, 0) is 0 Å². The first-order valence-corrected chi connectivity index (χ1v) is 8.14. The van der Waals surface area contributed by atoms with Crippen LogP contribution in [0.15, 0.2) is 30.5 Å². The maximum Gasteiger partial charge on any atom is 0.319 e. The topological polar surface area (TPSA) is 114 Å². The first-order valence-electron chi connectivity index (χ1n) is 8.14. The second-order valence-electron chi connectivity index (χ2n) is 5.44. The van der Waals surface area contributed by atoms with Crippen molar-refractivity contribution in [3.63, 3.8) is 0 Å². The van der Waals surface area contributed by atoms with Gasteiger partial charge in [-0.25, -0.2) is 9.78 Å². The van der Waals surface area contributed by atoms with Gasteiger partial charge in [-0.15, -0.1) is 0 Å². The van der Waals surface area contributed by atoms with Crippen molar-refractivity contribution in [3.05, 3.63) is 30.5 Å². The van der Waals surface area contributed by atoms with Crippen LogP contribution in [0.25, 0.3) is 5.65 Å². The Morgan fingerprint density at radius 1 is 1.15 bits per heavy atom. The molecule has 2 heterocycles. The number of methoxy groups -OCH3 is 2. The molecule has 0 atom stereocenters. The number of amides is 2. The third kappa shape index (κ3) is 3.50. The molecule has 0 radical (unpaired) electrons. The molecule has 0 saturated heterocycles. The number of fused-ring (bicyclic) bond motifs is 1. The summed E-state index contributed by atoms with van der Waals surface area (Å²) < 4.78 is 12.4. The Hall–Kier alpha value is -3.69. The number of hydrogen-bond acceptors (Lipinski definition) is 7. The minimum absolute atomic E-state index is 0.356. The van der Waals surface area contributed by atoms with Gasteiger partial charge in [0.15, 0.2) is 17.1 Å². The summed E-state index contributed by atoms with van der Waals surface area (Å²) in [7, 11) is 6.46. The van der Waals surface area contributed by atoms with E-state index in [4.69, 9.17) is 9.47 Å². The van der Waals surface area contributed by atoms with E-state index in [1.54, 1.807) is 31.8 Å². The summed E-state index contributed by atoms with van der Waals surface area (Å²) in [6.07, 6.45) is 1.54. The average Bonchev–Trinajstić information content (AvgIpc) is 3.09. The van der Waals surface area contributed by atoms with Gasteiger partial charge in [0.2, 0.25) is 0 Å². The summed E-state index contributed by atoms with van der Waals surface area (Å²) in [6, 6.07) is 6.95. The van der Waals surface area contributed by atoms with Crippen LogP contribution < -0.4 is 30.7 Å². The second-order valence-corrected chi connectivity index (χ2v) is 5.44. The Morgan fingerprint density at radius 2 is 1.96 bits per heavy atom. The molecule has 3 aromatic rings. The zero-order valence-corrected chi connectivity index (χ0v) is 15.5. The molecule has 0 saturated carbocycles. The molecular weight excluding hydrogens is 350 g/mol. The first kappa shape index (κ1) is 18.1. The summed E-state index contributed by atoms with van der Waals surface area (Å²) in [5.74, 6) is 2.39. The van der Waals surface area contributed by atoms with E-state index in [-0.39, 0.29) is 6.03 Å². The van der Waals surface area contributed by atoms with Gasteiger partial charge in [0, 0.05) is 20.2 Å². The van der Waals surface area contributed by atoms with Crippen LogP contribution in [-0.4, -0.2) is 48.9 Å². The standard InChI is InChI=1S/C17H21N7O3/c1-18-14-8-13(21-10-6-5-7-12(26-3)15(10)27-4)23-16-11(9-20-24(14)16)22-17(25)19-2/h5-9,18H,1-4H3,(H,21,23)(H2,19,22,25). The quantitative estimate of drug-likeness (QED) is 0.526. The van der Waals surface area contributed by atoms with Crippen molar-refractivity contribution in [1.82, 2.24) is 19.9 Å². The zero-order chi connectivity index (χ0) is 19.4. The number of rotatable bonds is 6. The molecule has 2 amide bonds. The Kier molecular flexibility index (Phi) is 5.15. The predicted octanol–water partition coefficient (Wildman–Crippen LogP) is 2.28. The van der Waals surface area contributed by atoms with Gasteiger partial charge in [-0.1, -0.05) is 6.07 Å². The van der Waals surface area contributed by atoms with Gasteiger partial charge in [0.1, 0.15) is 17.3 Å². The van der Waals surface area contributed by atoms with E-state index >= 15 is 0 Å². The summed E-state index contributed by atoms with van der Waals surface area (Å²) in [4.78, 5) is 16.2. The normalized spacial score (nSPS) is 10.4. The highest BCUT2D eigenvalue weighted by Gasteiger charge is 2.15. The van der Waals surface area contributed by atoms with Crippen LogP contribution in [0.2, 0.25) is 0 Å². The largest absolute Gasteiger partial charge is 0.493 e. The number of carbonyl (C=O) groups excluding carboxylic acids is 1. The molecule has 1 aromatic carbocycles. The number of anilines is 4. The predicted molar refractivity (Wildman–Crippen MR) is 103 cm³/mol. The summed E-state index contributed by atoms with van der Waals surface area (Å²) >= 11 is 0. The summed E-state index contributed by atoms with van der Waals surface area (Å²) in [5.41, 5.74) is 1.65. The summed E-state index contributed by atoms with van der Waals surface area (Å²) in [5, 5.41) is 15.8. The van der Waals surface area contributed by atoms with Gasteiger partial charge in [-0.3, -0.25) is 0 Å². The van der Waals surface area contributed by atoms with E-state index in [2.05, 4.69) is 31.3 Å². The molecular formula is C17H21N7O3. The molecule has 27 heavy (non-hydrogen) atoms. The van der Waals surface area contributed by atoms with Gasteiger partial charge in [-0.05, 0) is 12.1 Å². The van der Waals surface area contributed by atoms with Crippen LogP contribution in [0.1, 0.15) is 0 Å². The number of ether oxygens (including phenoxy) is 2. The van der Waals surface area contributed by atoms with Gasteiger partial charge in [-0.2, -0.15) is 9.61 Å². The Morgan fingerprint density at radius 3 is 2.63 bits per heavy atom. The number of hydrogen-bond donors (Lipinski definition) is 4. The molecule has 10 nitrogen and oxygen atoms in total. The lowest BCUT2D eigenvalue weighted by Gasteiger charge is -2.15. The fourth-order valence-corrected chi connectivity index (χ4v) is 2.60. The van der Waals surface area contributed by atoms with Crippen molar-refractivity contribution >= 4 is 34.7 Å². The molecule has 0 aliphatic rings. The fourth-order valence-electron chi connectivity index (χ4n) is 2.60. The third-order valence-electron chi connectivity index (χ3n) is 3.87. The third-order valence-corrected chi connectivity index (χ3v) is 3.87. The van der Waals surface area contributed by atoms with E-state index in [1.165, 1.54) is 13.2 Å². The number of urea groups is 1. The van der Waals surface area contributed by atoms with Gasteiger partial charge in [0.25, 0.3) is 0 Å². The highest BCUT2D eigenvalue weighted by atomic mass is 16.5. The molecule has 3 rings (SSSR count). The van der Waals surface area contributed by atoms with E-state index in [1.807, 2.05) is 18.2 Å². The molecule has 0 fully saturated rings. The van der Waals surface area contributed by atoms with E-state index < -0.39 is 0 Å². The van der Waals surface area contributed by atoms with Crippen LogP contribution in [0, 0.1) is 0 Å². The molecule has 10 heteroatoms. The maximum atomic E-state index is 11.7. The van der Waals surface area contributed by atoms with Crippen LogP contribution in [0.3, 0.4) is 0 Å². The van der Waals surface area contributed by atoms with E-state index in [9.17, 15) is 4.79 Å². The number of carbonyl (C=O) groups is 1. The smallest absolute Gasteiger partial charge is 0.319 e. The lowest BCUT2D eigenvalue weighted by atomic mass is 10.2. The minimum atomic E-state index is -0.356. The molecule has 0 bridgehead atoms. The van der Waals surface area contributed by atoms with E-state index in [0.29, 0.717) is 40.2 Å². The molecule has 2 aromatic heterocycles. The number of nitrogens with one attached hydrogen (secondary N) is 4. The zero-order valence-electron chi connectivity index (χ0n) is 15.5. The lowest BCUT2D eigenvalue weighted by Crippen LogP contribution is -2.24. The summed E-state index contributed by atoms with van der Waals surface area (Å²) in [6.45, 7) is 0. The van der Waals surface area contributed by atoms with Crippen molar-refractivity contribution in [2.75, 3.05) is 44.3 Å². The SMILES string of the molecule is CNC(=O)Nc1cnn2c(NC)cc(Nc3cccc(OC)c3OC)nc12. The molecule has 0 spiro atoms. The molecule has 0 aliphatic carbocycles.